The fourth-order valence-electron chi connectivity index (χ4n) is 2.68. The summed E-state index contributed by atoms with van der Waals surface area (Å²) in [7, 11) is 0. The number of hydrogen-bond donors (Lipinski definition) is 2. The van der Waals surface area contributed by atoms with Crippen molar-refractivity contribution in [3.8, 4) is 0 Å². The van der Waals surface area contributed by atoms with Crippen LogP contribution in [0.25, 0.3) is 0 Å². The van der Waals surface area contributed by atoms with E-state index in [2.05, 4.69) is 5.32 Å². The molecule has 3 atom stereocenters. The maximum Gasteiger partial charge on any atom is 0.406 e. The number of urea groups is 1. The summed E-state index contributed by atoms with van der Waals surface area (Å²) in [6, 6.07) is -0.937. The molecule has 9 heteroatoms. The first-order valence-corrected chi connectivity index (χ1v) is 6.64. The number of alkyl halides is 3. The maximum absolute atomic E-state index is 13.0. The largest absolute Gasteiger partial charge is 0.481 e. The number of amides is 2. The van der Waals surface area contributed by atoms with E-state index in [9.17, 15) is 22.8 Å². The van der Waals surface area contributed by atoms with E-state index in [-0.39, 0.29) is 18.7 Å². The molecule has 0 radical (unpaired) electrons. The number of rotatable bonds is 2. The molecule has 0 bridgehead atoms. The normalized spacial score (nSPS) is 33.2. The van der Waals surface area contributed by atoms with Gasteiger partial charge in [0, 0.05) is 19.7 Å². The number of likely N-dealkylation sites (tertiary alicyclic amines) is 1. The number of carboxylic acid groups (broad SMARTS) is 1. The van der Waals surface area contributed by atoms with Gasteiger partial charge in [-0.2, -0.15) is 13.2 Å². The number of carboxylic acids is 1. The van der Waals surface area contributed by atoms with Gasteiger partial charge in [0.1, 0.15) is 0 Å². The summed E-state index contributed by atoms with van der Waals surface area (Å²) in [5, 5.41) is 11.5. The predicted octanol–water partition coefficient (Wildman–Crippen LogP) is 1.21. The molecule has 0 aromatic heterocycles. The van der Waals surface area contributed by atoms with Crippen molar-refractivity contribution >= 4 is 12.0 Å². The summed E-state index contributed by atoms with van der Waals surface area (Å²) in [5.74, 6) is -1.94. The molecule has 3 unspecified atom stereocenters. The highest BCUT2D eigenvalue weighted by atomic mass is 19.4. The van der Waals surface area contributed by atoms with E-state index in [1.54, 1.807) is 6.92 Å². The number of carbonyl (C=O) groups excluding carboxylic acids is 1. The standard InChI is InChI=1S/C12H17F3N2O4/c1-7-8(2-5-21-7)16-10(20)17-4-3-11(6-17,9(18)19)12(13,14)15/h7-8H,2-6H2,1H3,(H,16,20)(H,18,19). The molecule has 2 fully saturated rings. The monoisotopic (exact) mass is 310 g/mol. The highest BCUT2D eigenvalue weighted by molar-refractivity contribution is 5.80. The lowest BCUT2D eigenvalue weighted by molar-refractivity contribution is -0.226. The molecular weight excluding hydrogens is 293 g/mol. The molecule has 0 aromatic rings. The van der Waals surface area contributed by atoms with Crippen molar-refractivity contribution in [2.45, 2.75) is 38.1 Å². The van der Waals surface area contributed by atoms with Gasteiger partial charge in [0.05, 0.1) is 12.1 Å². The third kappa shape index (κ3) is 2.78. The van der Waals surface area contributed by atoms with Crippen molar-refractivity contribution in [1.82, 2.24) is 10.2 Å². The quantitative estimate of drug-likeness (QED) is 0.803. The summed E-state index contributed by atoms with van der Waals surface area (Å²) in [6.07, 6.45) is -5.14. The van der Waals surface area contributed by atoms with E-state index in [0.29, 0.717) is 13.0 Å². The number of aliphatic carboxylic acids is 1. The lowest BCUT2D eigenvalue weighted by Crippen LogP contribution is -2.50. The van der Waals surface area contributed by atoms with Gasteiger partial charge in [-0.1, -0.05) is 0 Å². The van der Waals surface area contributed by atoms with Crippen LogP contribution in [-0.4, -0.2) is 60.0 Å². The van der Waals surface area contributed by atoms with Gasteiger partial charge in [0.25, 0.3) is 0 Å². The van der Waals surface area contributed by atoms with Gasteiger partial charge in [-0.25, -0.2) is 4.79 Å². The Morgan fingerprint density at radius 2 is 2.10 bits per heavy atom. The zero-order chi connectivity index (χ0) is 15.8. The lowest BCUT2D eigenvalue weighted by atomic mass is 9.86. The second-order valence-electron chi connectivity index (χ2n) is 5.48. The first-order valence-electron chi connectivity index (χ1n) is 6.64. The van der Waals surface area contributed by atoms with Crippen LogP contribution in [0.1, 0.15) is 19.8 Å². The number of hydrogen-bond acceptors (Lipinski definition) is 3. The average molecular weight is 310 g/mol. The molecule has 2 amide bonds. The van der Waals surface area contributed by atoms with Crippen LogP contribution in [0.15, 0.2) is 0 Å². The van der Waals surface area contributed by atoms with Crippen LogP contribution < -0.4 is 5.32 Å². The van der Waals surface area contributed by atoms with Crippen molar-refractivity contribution in [1.29, 1.82) is 0 Å². The van der Waals surface area contributed by atoms with Crippen molar-refractivity contribution in [2.75, 3.05) is 19.7 Å². The summed E-state index contributed by atoms with van der Waals surface area (Å²) >= 11 is 0. The highest BCUT2D eigenvalue weighted by Crippen LogP contribution is 2.45. The fraction of sp³-hybridized carbons (Fsp3) is 0.833. The van der Waals surface area contributed by atoms with Crippen molar-refractivity contribution in [2.24, 2.45) is 5.41 Å². The molecule has 2 rings (SSSR count). The number of nitrogens with zero attached hydrogens (tertiary/aromatic N) is 1. The second kappa shape index (κ2) is 5.36. The third-order valence-corrected chi connectivity index (χ3v) is 4.19. The Hall–Kier alpha value is -1.51. The summed E-state index contributed by atoms with van der Waals surface area (Å²) in [5.41, 5.74) is -2.87. The van der Waals surface area contributed by atoms with Crippen molar-refractivity contribution in [3.05, 3.63) is 0 Å². The van der Waals surface area contributed by atoms with Crippen molar-refractivity contribution < 1.29 is 32.6 Å². The Bertz CT molecular complexity index is 443. The first kappa shape index (κ1) is 15.9. The highest BCUT2D eigenvalue weighted by Gasteiger charge is 2.64. The number of halogens is 3. The smallest absolute Gasteiger partial charge is 0.406 e. The molecule has 2 aliphatic rings. The minimum atomic E-state index is -4.89. The first-order chi connectivity index (χ1) is 9.67. The van der Waals surface area contributed by atoms with Gasteiger partial charge in [-0.3, -0.25) is 4.79 Å². The van der Waals surface area contributed by atoms with Gasteiger partial charge in [0.2, 0.25) is 0 Å². The fourth-order valence-corrected chi connectivity index (χ4v) is 2.68. The zero-order valence-corrected chi connectivity index (χ0v) is 11.4. The maximum atomic E-state index is 13.0. The molecule has 0 aliphatic carbocycles. The second-order valence-corrected chi connectivity index (χ2v) is 5.48. The minimum Gasteiger partial charge on any atom is -0.481 e. The molecule has 2 heterocycles. The van der Waals surface area contributed by atoms with Gasteiger partial charge < -0.3 is 20.1 Å². The minimum absolute atomic E-state index is 0.205. The Kier molecular flexibility index (Phi) is 4.05. The van der Waals surface area contributed by atoms with Crippen LogP contribution in [-0.2, 0) is 9.53 Å². The molecule has 2 aliphatic heterocycles. The van der Waals surface area contributed by atoms with Crippen LogP contribution in [0.4, 0.5) is 18.0 Å². The molecule has 0 saturated carbocycles. The number of ether oxygens (including phenoxy) is 1. The van der Waals surface area contributed by atoms with E-state index >= 15 is 0 Å². The van der Waals surface area contributed by atoms with Crippen LogP contribution in [0.2, 0.25) is 0 Å². The molecule has 0 aromatic carbocycles. The number of carbonyl (C=O) groups is 2. The average Bonchev–Trinajstić information content (AvgIpc) is 2.96. The Balaban J connectivity index is 2.03. The Labute approximate surface area is 119 Å². The Morgan fingerprint density at radius 1 is 1.43 bits per heavy atom. The van der Waals surface area contributed by atoms with E-state index in [0.717, 1.165) is 4.90 Å². The van der Waals surface area contributed by atoms with E-state index in [4.69, 9.17) is 9.84 Å². The van der Waals surface area contributed by atoms with Gasteiger partial charge in [0.15, 0.2) is 5.41 Å². The van der Waals surface area contributed by atoms with E-state index in [1.165, 1.54) is 0 Å². The van der Waals surface area contributed by atoms with E-state index < -0.39 is 36.6 Å². The summed E-state index contributed by atoms with van der Waals surface area (Å²) < 4.78 is 44.3. The molecule has 2 saturated heterocycles. The summed E-state index contributed by atoms with van der Waals surface area (Å²) in [4.78, 5) is 23.9. The molecule has 2 N–H and O–H groups in total. The van der Waals surface area contributed by atoms with Gasteiger partial charge in [-0.15, -0.1) is 0 Å². The molecule has 21 heavy (non-hydrogen) atoms. The zero-order valence-electron chi connectivity index (χ0n) is 11.4. The van der Waals surface area contributed by atoms with Gasteiger partial charge in [-0.05, 0) is 19.8 Å². The Morgan fingerprint density at radius 3 is 2.52 bits per heavy atom. The van der Waals surface area contributed by atoms with Crippen LogP contribution in [0.3, 0.4) is 0 Å². The molecule has 6 nitrogen and oxygen atoms in total. The van der Waals surface area contributed by atoms with Gasteiger partial charge >= 0.3 is 18.2 Å². The van der Waals surface area contributed by atoms with Crippen LogP contribution >= 0.6 is 0 Å². The third-order valence-electron chi connectivity index (χ3n) is 4.19. The topological polar surface area (TPSA) is 78.9 Å². The predicted molar refractivity (Wildman–Crippen MR) is 64.7 cm³/mol. The molecular formula is C12H17F3N2O4. The number of nitrogens with one attached hydrogen (secondary N) is 1. The van der Waals surface area contributed by atoms with E-state index in [1.807, 2.05) is 0 Å². The lowest BCUT2D eigenvalue weighted by Gasteiger charge is -2.28. The van der Waals surface area contributed by atoms with Crippen LogP contribution in [0.5, 0.6) is 0 Å². The van der Waals surface area contributed by atoms with Crippen LogP contribution in [0, 0.1) is 5.41 Å². The summed E-state index contributed by atoms with van der Waals surface area (Å²) in [6.45, 7) is 1.14. The molecule has 120 valence electrons. The SMILES string of the molecule is CC1OCCC1NC(=O)N1CCC(C(=O)O)(C(F)(F)F)C1. The molecule has 0 spiro atoms. The van der Waals surface area contributed by atoms with Crippen molar-refractivity contribution in [3.63, 3.8) is 0 Å².